The summed E-state index contributed by atoms with van der Waals surface area (Å²) in [7, 11) is -0.709. The van der Waals surface area contributed by atoms with Crippen LogP contribution in [0.5, 0.6) is 0 Å². The minimum Gasteiger partial charge on any atom is -0.478 e. The molecule has 0 radical (unpaired) electrons. The van der Waals surface area contributed by atoms with Gasteiger partial charge in [-0.05, 0) is 39.2 Å². The molecule has 0 bridgehead atoms. The SMILES string of the molecule is CC(=O)NCC(=Cc1cc(C(=O)O)cnc1N)B1OC(C)(C)C(C)(C)O1. The number of carboxylic acid groups (broad SMARTS) is 1. The number of aromatic nitrogens is 1. The number of nitrogen functional groups attached to an aromatic ring is 1. The minimum absolute atomic E-state index is 0.0123. The van der Waals surface area contributed by atoms with E-state index in [9.17, 15) is 9.59 Å². The zero-order valence-corrected chi connectivity index (χ0v) is 15.6. The molecule has 1 aromatic rings. The molecule has 0 atom stereocenters. The Morgan fingerprint density at radius 3 is 2.38 bits per heavy atom. The maximum Gasteiger partial charge on any atom is 0.492 e. The number of hydrogen-bond acceptors (Lipinski definition) is 6. The van der Waals surface area contributed by atoms with Crippen LogP contribution in [0, 0.1) is 0 Å². The molecule has 0 unspecified atom stereocenters. The number of anilines is 1. The molecule has 0 spiro atoms. The summed E-state index contributed by atoms with van der Waals surface area (Å²) in [5.74, 6) is -1.14. The van der Waals surface area contributed by atoms with Gasteiger partial charge in [-0.1, -0.05) is 6.08 Å². The van der Waals surface area contributed by atoms with Crippen LogP contribution in [0.15, 0.2) is 17.7 Å². The topological polar surface area (TPSA) is 124 Å². The molecular weight excluding hydrogens is 337 g/mol. The average Bonchev–Trinajstić information content (AvgIpc) is 2.72. The van der Waals surface area contributed by atoms with E-state index in [2.05, 4.69) is 10.3 Å². The van der Waals surface area contributed by atoms with Crippen LogP contribution in [0.1, 0.15) is 50.5 Å². The highest BCUT2D eigenvalue weighted by Gasteiger charge is 2.52. The predicted molar refractivity (Wildman–Crippen MR) is 98.4 cm³/mol. The van der Waals surface area contributed by atoms with Gasteiger partial charge in [0.2, 0.25) is 5.91 Å². The van der Waals surface area contributed by atoms with Crippen LogP contribution < -0.4 is 11.1 Å². The molecule has 0 saturated carbocycles. The quantitative estimate of drug-likeness (QED) is 0.679. The molecule has 1 saturated heterocycles. The van der Waals surface area contributed by atoms with Crippen molar-refractivity contribution in [1.29, 1.82) is 0 Å². The number of rotatable bonds is 5. The molecule has 1 aliphatic heterocycles. The van der Waals surface area contributed by atoms with E-state index in [0.717, 1.165) is 0 Å². The van der Waals surface area contributed by atoms with E-state index in [0.29, 0.717) is 11.0 Å². The van der Waals surface area contributed by atoms with Crippen molar-refractivity contribution in [3.63, 3.8) is 0 Å². The highest BCUT2D eigenvalue weighted by Crippen LogP contribution is 2.38. The molecule has 0 aromatic carbocycles. The van der Waals surface area contributed by atoms with Gasteiger partial charge in [0.05, 0.1) is 16.8 Å². The maximum atomic E-state index is 11.3. The Morgan fingerprint density at radius 2 is 1.88 bits per heavy atom. The van der Waals surface area contributed by atoms with Gasteiger partial charge in [-0.25, -0.2) is 9.78 Å². The Kier molecular flexibility index (Phi) is 5.43. The highest BCUT2D eigenvalue weighted by atomic mass is 16.7. The van der Waals surface area contributed by atoms with Gasteiger partial charge in [0.1, 0.15) is 5.82 Å². The first-order chi connectivity index (χ1) is 11.9. The largest absolute Gasteiger partial charge is 0.492 e. The first-order valence-electron chi connectivity index (χ1n) is 8.22. The minimum atomic E-state index is -1.11. The molecule has 140 valence electrons. The number of pyridine rings is 1. The lowest BCUT2D eigenvalue weighted by atomic mass is 9.77. The van der Waals surface area contributed by atoms with Crippen molar-refractivity contribution < 1.29 is 24.0 Å². The number of hydrogen-bond donors (Lipinski definition) is 3. The monoisotopic (exact) mass is 361 g/mol. The zero-order chi connectivity index (χ0) is 19.7. The molecule has 2 heterocycles. The van der Waals surface area contributed by atoms with Crippen LogP contribution in [0.4, 0.5) is 5.82 Å². The number of nitrogens with two attached hydrogens (primary N) is 1. The average molecular weight is 361 g/mol. The fourth-order valence-electron chi connectivity index (χ4n) is 2.35. The van der Waals surface area contributed by atoms with Crippen molar-refractivity contribution in [2.24, 2.45) is 0 Å². The fourth-order valence-corrected chi connectivity index (χ4v) is 2.35. The van der Waals surface area contributed by atoms with E-state index in [1.165, 1.54) is 19.2 Å². The second kappa shape index (κ2) is 7.09. The number of nitrogens with one attached hydrogen (secondary N) is 1. The van der Waals surface area contributed by atoms with E-state index in [-0.39, 0.29) is 23.8 Å². The first-order valence-corrected chi connectivity index (χ1v) is 8.22. The summed E-state index contributed by atoms with van der Waals surface area (Å²) >= 11 is 0. The Labute approximate surface area is 152 Å². The van der Waals surface area contributed by atoms with E-state index in [1.54, 1.807) is 6.08 Å². The molecule has 8 nitrogen and oxygen atoms in total. The van der Waals surface area contributed by atoms with Gasteiger partial charge in [0.25, 0.3) is 0 Å². The zero-order valence-electron chi connectivity index (χ0n) is 15.6. The maximum absolute atomic E-state index is 11.3. The highest BCUT2D eigenvalue weighted by molar-refractivity contribution is 6.56. The molecule has 2 rings (SSSR count). The van der Waals surface area contributed by atoms with Crippen LogP contribution in [0.25, 0.3) is 6.08 Å². The third kappa shape index (κ3) is 4.23. The number of carboxylic acids is 1. The van der Waals surface area contributed by atoms with Gasteiger partial charge in [-0.2, -0.15) is 0 Å². The molecule has 26 heavy (non-hydrogen) atoms. The number of carbonyl (C=O) groups is 2. The van der Waals surface area contributed by atoms with Crippen molar-refractivity contribution in [2.45, 2.75) is 45.8 Å². The molecule has 1 aromatic heterocycles. The standard InChI is InChI=1S/C17H24BN3O5/c1-10(22)20-9-13(18-25-16(2,3)17(4,5)26-18)7-11-6-12(15(23)24)8-21-14(11)19/h6-8H,9H2,1-5H3,(H2,19,21)(H,20,22)(H,23,24). The number of amides is 1. The first kappa shape index (κ1) is 19.9. The molecule has 1 aliphatic rings. The molecule has 1 fully saturated rings. The number of aromatic carboxylic acids is 1. The second-order valence-corrected chi connectivity index (χ2v) is 7.22. The van der Waals surface area contributed by atoms with Crippen molar-refractivity contribution in [1.82, 2.24) is 10.3 Å². The van der Waals surface area contributed by atoms with E-state index < -0.39 is 24.3 Å². The summed E-state index contributed by atoms with van der Waals surface area (Å²) < 4.78 is 12.1. The Hall–Kier alpha value is -2.39. The van der Waals surface area contributed by atoms with Gasteiger partial charge in [-0.3, -0.25) is 4.79 Å². The number of carbonyl (C=O) groups excluding carboxylic acids is 1. The molecular formula is C17H24BN3O5. The van der Waals surface area contributed by atoms with Gasteiger partial charge >= 0.3 is 13.1 Å². The van der Waals surface area contributed by atoms with Crippen LogP contribution in [-0.4, -0.2) is 46.8 Å². The summed E-state index contributed by atoms with van der Waals surface area (Å²) in [6.07, 6.45) is 2.84. The van der Waals surface area contributed by atoms with E-state index in [1.807, 2.05) is 27.7 Å². The molecule has 4 N–H and O–H groups in total. The summed E-state index contributed by atoms with van der Waals surface area (Å²) in [5, 5.41) is 11.9. The lowest BCUT2D eigenvalue weighted by Crippen LogP contribution is -2.41. The summed E-state index contributed by atoms with van der Waals surface area (Å²) in [5.41, 5.74) is 5.81. The molecule has 0 aliphatic carbocycles. The van der Waals surface area contributed by atoms with Gasteiger partial charge in [-0.15, -0.1) is 0 Å². The second-order valence-electron chi connectivity index (χ2n) is 7.22. The molecule has 1 amide bonds. The summed E-state index contributed by atoms with van der Waals surface area (Å²) in [6, 6.07) is 1.42. The fraction of sp³-hybridized carbons (Fsp3) is 0.471. The van der Waals surface area contributed by atoms with Crippen LogP contribution >= 0.6 is 0 Å². The van der Waals surface area contributed by atoms with Gasteiger partial charge < -0.3 is 25.5 Å². The van der Waals surface area contributed by atoms with Crippen LogP contribution in [0.2, 0.25) is 0 Å². The normalized spacial score (nSPS) is 18.7. The van der Waals surface area contributed by atoms with E-state index in [4.69, 9.17) is 20.1 Å². The molecule has 9 heteroatoms. The summed E-state index contributed by atoms with van der Waals surface area (Å²) in [4.78, 5) is 26.4. The van der Waals surface area contributed by atoms with Crippen LogP contribution in [-0.2, 0) is 14.1 Å². The summed E-state index contributed by atoms with van der Waals surface area (Å²) in [6.45, 7) is 9.26. The predicted octanol–water partition coefficient (Wildman–Crippen LogP) is 1.51. The Morgan fingerprint density at radius 1 is 1.31 bits per heavy atom. The smallest absolute Gasteiger partial charge is 0.478 e. The number of nitrogens with zero attached hydrogens (tertiary/aromatic N) is 1. The van der Waals surface area contributed by atoms with E-state index >= 15 is 0 Å². The Balaban J connectivity index is 2.42. The lowest BCUT2D eigenvalue weighted by molar-refractivity contribution is -0.118. The van der Waals surface area contributed by atoms with Gasteiger partial charge in [0, 0.05) is 25.2 Å². The van der Waals surface area contributed by atoms with Gasteiger partial charge in [0.15, 0.2) is 0 Å². The third-order valence-electron chi connectivity index (χ3n) is 4.63. The van der Waals surface area contributed by atoms with Crippen molar-refractivity contribution in [2.75, 3.05) is 12.3 Å². The van der Waals surface area contributed by atoms with Crippen LogP contribution in [0.3, 0.4) is 0 Å². The van der Waals surface area contributed by atoms with Crippen molar-refractivity contribution >= 4 is 30.9 Å². The van der Waals surface area contributed by atoms with Crippen molar-refractivity contribution in [3.8, 4) is 0 Å². The third-order valence-corrected chi connectivity index (χ3v) is 4.63. The lowest BCUT2D eigenvalue weighted by Gasteiger charge is -2.32. The van der Waals surface area contributed by atoms with Crippen molar-refractivity contribution in [3.05, 3.63) is 28.9 Å². The Bertz CT molecular complexity index is 745.